The van der Waals surface area contributed by atoms with Gasteiger partial charge >= 0.3 is 0 Å². The first kappa shape index (κ1) is 15.8. The van der Waals surface area contributed by atoms with E-state index in [1.807, 2.05) is 18.2 Å². The summed E-state index contributed by atoms with van der Waals surface area (Å²) in [6.45, 7) is 2.53. The van der Waals surface area contributed by atoms with Crippen LogP contribution in [0, 0.1) is 0 Å². The van der Waals surface area contributed by atoms with Gasteiger partial charge in [0.2, 0.25) is 5.91 Å². The van der Waals surface area contributed by atoms with Gasteiger partial charge in [0.25, 0.3) is 0 Å². The maximum atomic E-state index is 12.1. The van der Waals surface area contributed by atoms with Gasteiger partial charge in [-0.1, -0.05) is 18.2 Å². The molecular weight excluding hydrogens is 306 g/mol. The van der Waals surface area contributed by atoms with Crippen molar-refractivity contribution in [3.8, 4) is 11.5 Å². The molecule has 24 heavy (non-hydrogen) atoms. The van der Waals surface area contributed by atoms with Gasteiger partial charge in [-0.2, -0.15) is 0 Å². The minimum Gasteiger partial charge on any atom is -0.486 e. The van der Waals surface area contributed by atoms with Crippen LogP contribution in [0.2, 0.25) is 0 Å². The second-order valence-corrected chi connectivity index (χ2v) is 5.33. The standard InChI is InChI=1S/C19H17NO4/c1-13(21)15-4-2-3-5-16(15)20-19(22)9-7-14-6-8-17-18(12-14)24-11-10-23-17/h2-9,12H,10-11H2,1H3,(H,20,22)/b9-7+. The highest BCUT2D eigenvalue weighted by atomic mass is 16.6. The first-order valence-corrected chi connectivity index (χ1v) is 7.62. The molecule has 1 aliphatic heterocycles. The number of carbonyl (C=O) groups excluding carboxylic acids is 2. The maximum absolute atomic E-state index is 12.1. The normalized spacial score (nSPS) is 12.9. The number of fused-ring (bicyclic) bond motifs is 1. The van der Waals surface area contributed by atoms with E-state index in [1.165, 1.54) is 13.0 Å². The number of para-hydroxylation sites is 1. The topological polar surface area (TPSA) is 64.6 Å². The SMILES string of the molecule is CC(=O)c1ccccc1NC(=O)/C=C/c1ccc2c(c1)OCCO2. The van der Waals surface area contributed by atoms with E-state index >= 15 is 0 Å². The lowest BCUT2D eigenvalue weighted by atomic mass is 10.1. The molecule has 1 N–H and O–H groups in total. The number of hydrogen-bond acceptors (Lipinski definition) is 4. The highest BCUT2D eigenvalue weighted by Gasteiger charge is 2.11. The average Bonchev–Trinajstić information content (AvgIpc) is 2.60. The van der Waals surface area contributed by atoms with Crippen LogP contribution in [0.4, 0.5) is 5.69 Å². The quantitative estimate of drug-likeness (QED) is 0.692. The molecule has 3 rings (SSSR count). The lowest BCUT2D eigenvalue weighted by Crippen LogP contribution is -2.15. The molecule has 2 aromatic carbocycles. The zero-order valence-corrected chi connectivity index (χ0v) is 13.2. The zero-order valence-electron chi connectivity index (χ0n) is 13.2. The summed E-state index contributed by atoms with van der Waals surface area (Å²) in [5, 5.41) is 2.72. The summed E-state index contributed by atoms with van der Waals surface area (Å²) in [7, 11) is 0. The summed E-state index contributed by atoms with van der Waals surface area (Å²) in [6.07, 6.45) is 3.10. The Balaban J connectivity index is 1.71. The second kappa shape index (κ2) is 7.00. The maximum Gasteiger partial charge on any atom is 0.248 e. The van der Waals surface area contributed by atoms with Crippen molar-refractivity contribution < 1.29 is 19.1 Å². The van der Waals surface area contributed by atoms with Crippen LogP contribution < -0.4 is 14.8 Å². The van der Waals surface area contributed by atoms with Gasteiger partial charge in [0.1, 0.15) is 13.2 Å². The van der Waals surface area contributed by atoms with E-state index in [4.69, 9.17) is 9.47 Å². The molecule has 0 saturated heterocycles. The molecule has 0 aromatic heterocycles. The van der Waals surface area contributed by atoms with Gasteiger partial charge in [0.05, 0.1) is 5.69 Å². The van der Waals surface area contributed by atoms with Crippen molar-refractivity contribution in [3.63, 3.8) is 0 Å². The minimum absolute atomic E-state index is 0.0956. The summed E-state index contributed by atoms with van der Waals surface area (Å²) < 4.78 is 11.0. The number of nitrogens with one attached hydrogen (secondary N) is 1. The monoisotopic (exact) mass is 323 g/mol. The van der Waals surface area contributed by atoms with Gasteiger partial charge in [-0.05, 0) is 42.8 Å². The summed E-state index contributed by atoms with van der Waals surface area (Å²) >= 11 is 0. The molecule has 0 aliphatic carbocycles. The predicted octanol–water partition coefficient (Wildman–Crippen LogP) is 3.31. The molecule has 0 bridgehead atoms. The number of rotatable bonds is 4. The highest BCUT2D eigenvalue weighted by Crippen LogP contribution is 2.31. The Labute approximate surface area is 139 Å². The lowest BCUT2D eigenvalue weighted by Gasteiger charge is -2.18. The Bertz CT molecular complexity index is 811. The van der Waals surface area contributed by atoms with Crippen molar-refractivity contribution in [1.82, 2.24) is 0 Å². The third-order valence-corrected chi connectivity index (χ3v) is 3.56. The second-order valence-electron chi connectivity index (χ2n) is 5.33. The molecular formula is C19H17NO4. The Kier molecular flexibility index (Phi) is 4.61. The lowest BCUT2D eigenvalue weighted by molar-refractivity contribution is -0.111. The molecule has 5 heteroatoms. The number of ether oxygens (including phenoxy) is 2. The van der Waals surface area contributed by atoms with Crippen LogP contribution in [-0.4, -0.2) is 24.9 Å². The van der Waals surface area contributed by atoms with E-state index in [0.717, 1.165) is 5.56 Å². The van der Waals surface area contributed by atoms with Gasteiger partial charge < -0.3 is 14.8 Å². The van der Waals surface area contributed by atoms with Crippen LogP contribution in [0.3, 0.4) is 0 Å². The summed E-state index contributed by atoms with van der Waals surface area (Å²) in [5.41, 5.74) is 1.81. The van der Waals surface area contributed by atoms with Crippen LogP contribution in [0.5, 0.6) is 11.5 Å². The van der Waals surface area contributed by atoms with Gasteiger partial charge in [-0.25, -0.2) is 0 Å². The minimum atomic E-state index is -0.307. The number of hydrogen-bond donors (Lipinski definition) is 1. The Morgan fingerprint density at radius 2 is 1.79 bits per heavy atom. The predicted molar refractivity (Wildman–Crippen MR) is 91.5 cm³/mol. The molecule has 0 fully saturated rings. The van der Waals surface area contributed by atoms with Crippen LogP contribution in [-0.2, 0) is 4.79 Å². The smallest absolute Gasteiger partial charge is 0.248 e. The molecule has 1 amide bonds. The van der Waals surface area contributed by atoms with Gasteiger partial charge in [-0.15, -0.1) is 0 Å². The molecule has 0 saturated carbocycles. The molecule has 122 valence electrons. The van der Waals surface area contributed by atoms with E-state index in [-0.39, 0.29) is 11.7 Å². The fraction of sp³-hybridized carbons (Fsp3) is 0.158. The van der Waals surface area contributed by atoms with Crippen LogP contribution in [0.15, 0.2) is 48.5 Å². The molecule has 0 radical (unpaired) electrons. The van der Waals surface area contributed by atoms with Crippen molar-refractivity contribution >= 4 is 23.5 Å². The summed E-state index contributed by atoms with van der Waals surface area (Å²) in [6, 6.07) is 12.4. The molecule has 1 heterocycles. The first-order chi connectivity index (χ1) is 11.6. The number of benzene rings is 2. The van der Waals surface area contributed by atoms with E-state index < -0.39 is 0 Å². The van der Waals surface area contributed by atoms with Crippen molar-refractivity contribution in [2.75, 3.05) is 18.5 Å². The van der Waals surface area contributed by atoms with Crippen LogP contribution in [0.1, 0.15) is 22.8 Å². The van der Waals surface area contributed by atoms with Crippen LogP contribution >= 0.6 is 0 Å². The van der Waals surface area contributed by atoms with E-state index in [9.17, 15) is 9.59 Å². The number of amides is 1. The third kappa shape index (κ3) is 3.63. The Hall–Kier alpha value is -3.08. The highest BCUT2D eigenvalue weighted by molar-refractivity contribution is 6.07. The van der Waals surface area contributed by atoms with Crippen molar-refractivity contribution in [2.24, 2.45) is 0 Å². The largest absolute Gasteiger partial charge is 0.486 e. The average molecular weight is 323 g/mol. The summed E-state index contributed by atoms with van der Waals surface area (Å²) in [5.74, 6) is 0.976. The summed E-state index contributed by atoms with van der Waals surface area (Å²) in [4.78, 5) is 23.7. The van der Waals surface area contributed by atoms with E-state index in [0.29, 0.717) is 36.0 Å². The number of ketones is 1. The molecule has 0 atom stereocenters. The molecule has 1 aliphatic rings. The number of carbonyl (C=O) groups is 2. The Morgan fingerprint density at radius 3 is 2.58 bits per heavy atom. The van der Waals surface area contributed by atoms with E-state index in [2.05, 4.69) is 5.32 Å². The fourth-order valence-electron chi connectivity index (χ4n) is 2.41. The molecule has 0 unspecified atom stereocenters. The van der Waals surface area contributed by atoms with Crippen molar-refractivity contribution in [2.45, 2.75) is 6.92 Å². The van der Waals surface area contributed by atoms with Gasteiger partial charge in [0.15, 0.2) is 17.3 Å². The molecule has 0 spiro atoms. The van der Waals surface area contributed by atoms with Gasteiger partial charge in [0, 0.05) is 11.6 Å². The fourth-order valence-corrected chi connectivity index (χ4v) is 2.41. The van der Waals surface area contributed by atoms with Crippen LogP contribution in [0.25, 0.3) is 6.08 Å². The van der Waals surface area contributed by atoms with Gasteiger partial charge in [-0.3, -0.25) is 9.59 Å². The first-order valence-electron chi connectivity index (χ1n) is 7.62. The molecule has 2 aromatic rings. The number of anilines is 1. The van der Waals surface area contributed by atoms with E-state index in [1.54, 1.807) is 30.3 Å². The zero-order chi connectivity index (χ0) is 16.9. The van der Waals surface area contributed by atoms with Crippen molar-refractivity contribution in [3.05, 3.63) is 59.7 Å². The van der Waals surface area contributed by atoms with Crippen molar-refractivity contribution in [1.29, 1.82) is 0 Å². The third-order valence-electron chi connectivity index (χ3n) is 3.56. The number of Topliss-reactive ketones (excluding diaryl/α,β-unsaturated/α-hetero) is 1. The molecule has 5 nitrogen and oxygen atoms in total. The Morgan fingerprint density at radius 1 is 1.04 bits per heavy atom.